The molecule has 0 aliphatic carbocycles. The SMILES string of the molecule is CCCOc1ccc(N2C(=O)C3ON(c4ccccc4)C(c4ccc(O)c(OCC)c4)C3C2=O)cc1. The molecule has 0 bridgehead atoms. The van der Waals surface area contributed by atoms with Crippen LogP contribution in [0.3, 0.4) is 0 Å². The molecule has 2 heterocycles. The van der Waals surface area contributed by atoms with Crippen LogP contribution in [0.4, 0.5) is 11.4 Å². The van der Waals surface area contributed by atoms with E-state index in [0.717, 1.165) is 6.42 Å². The Hall–Kier alpha value is -4.04. The lowest BCUT2D eigenvalue weighted by Crippen LogP contribution is -2.37. The van der Waals surface area contributed by atoms with Gasteiger partial charge in [0.2, 0.25) is 5.91 Å². The second kappa shape index (κ2) is 9.91. The van der Waals surface area contributed by atoms with E-state index < -0.39 is 24.0 Å². The van der Waals surface area contributed by atoms with E-state index in [1.807, 2.05) is 44.2 Å². The second-order valence-electron chi connectivity index (χ2n) is 8.67. The van der Waals surface area contributed by atoms with Crippen LogP contribution < -0.4 is 19.4 Å². The molecule has 2 aliphatic heterocycles. The van der Waals surface area contributed by atoms with Crippen LogP contribution >= 0.6 is 0 Å². The first-order valence-electron chi connectivity index (χ1n) is 12.1. The van der Waals surface area contributed by atoms with Crippen molar-refractivity contribution >= 4 is 23.2 Å². The number of para-hydroxylation sites is 1. The minimum absolute atomic E-state index is 0.00293. The number of hydrogen-bond acceptors (Lipinski definition) is 7. The number of benzene rings is 3. The van der Waals surface area contributed by atoms with Crippen LogP contribution in [-0.4, -0.2) is 36.2 Å². The Balaban J connectivity index is 1.52. The molecule has 3 unspecified atom stereocenters. The average molecular weight is 489 g/mol. The van der Waals surface area contributed by atoms with E-state index in [9.17, 15) is 14.7 Å². The number of imide groups is 1. The van der Waals surface area contributed by atoms with Crippen LogP contribution in [0.5, 0.6) is 17.2 Å². The summed E-state index contributed by atoms with van der Waals surface area (Å²) in [4.78, 5) is 34.6. The molecule has 2 fully saturated rings. The van der Waals surface area contributed by atoms with E-state index in [1.54, 1.807) is 41.5 Å². The predicted molar refractivity (Wildman–Crippen MR) is 134 cm³/mol. The number of fused-ring (bicyclic) bond motifs is 1. The Morgan fingerprint density at radius 2 is 1.64 bits per heavy atom. The van der Waals surface area contributed by atoms with E-state index in [0.29, 0.717) is 41.7 Å². The molecule has 0 radical (unpaired) electrons. The smallest absolute Gasteiger partial charge is 0.266 e. The molecule has 1 N–H and O–H groups in total. The Bertz CT molecular complexity index is 1250. The third-order valence-electron chi connectivity index (χ3n) is 6.32. The van der Waals surface area contributed by atoms with Crippen molar-refractivity contribution in [3.05, 3.63) is 78.4 Å². The van der Waals surface area contributed by atoms with Crippen molar-refractivity contribution in [1.82, 2.24) is 0 Å². The summed E-state index contributed by atoms with van der Waals surface area (Å²) >= 11 is 0. The second-order valence-corrected chi connectivity index (χ2v) is 8.67. The van der Waals surface area contributed by atoms with Gasteiger partial charge >= 0.3 is 0 Å². The molecule has 2 amide bonds. The van der Waals surface area contributed by atoms with Gasteiger partial charge in [-0.2, -0.15) is 0 Å². The third-order valence-corrected chi connectivity index (χ3v) is 6.32. The molecule has 186 valence electrons. The highest BCUT2D eigenvalue weighted by atomic mass is 16.7. The Kier molecular flexibility index (Phi) is 6.52. The number of hydroxylamine groups is 1. The maximum Gasteiger partial charge on any atom is 0.266 e. The fourth-order valence-electron chi connectivity index (χ4n) is 4.70. The first-order valence-corrected chi connectivity index (χ1v) is 12.1. The monoisotopic (exact) mass is 488 g/mol. The molecule has 3 aromatic rings. The quantitative estimate of drug-likeness (QED) is 0.463. The summed E-state index contributed by atoms with van der Waals surface area (Å²) in [6.45, 7) is 4.81. The van der Waals surface area contributed by atoms with Gasteiger partial charge in [0.25, 0.3) is 5.91 Å². The number of amides is 2. The van der Waals surface area contributed by atoms with Gasteiger partial charge < -0.3 is 14.6 Å². The highest BCUT2D eigenvalue weighted by Gasteiger charge is 2.60. The molecule has 8 nitrogen and oxygen atoms in total. The van der Waals surface area contributed by atoms with E-state index in [-0.39, 0.29) is 11.7 Å². The summed E-state index contributed by atoms with van der Waals surface area (Å²) in [5.41, 5.74) is 1.88. The van der Waals surface area contributed by atoms with E-state index in [1.165, 1.54) is 11.0 Å². The minimum atomic E-state index is -0.983. The number of ether oxygens (including phenoxy) is 2. The fourth-order valence-corrected chi connectivity index (χ4v) is 4.70. The normalized spacial score (nSPS) is 21.1. The van der Waals surface area contributed by atoms with Crippen LogP contribution in [0, 0.1) is 5.92 Å². The lowest BCUT2D eigenvalue weighted by molar-refractivity contribution is -0.126. The van der Waals surface area contributed by atoms with E-state index in [2.05, 4.69) is 0 Å². The molecule has 8 heteroatoms. The topological polar surface area (TPSA) is 88.5 Å². The average Bonchev–Trinajstić information content (AvgIpc) is 3.41. The highest BCUT2D eigenvalue weighted by molar-refractivity contribution is 6.23. The van der Waals surface area contributed by atoms with Crippen molar-refractivity contribution in [2.24, 2.45) is 5.92 Å². The molecular formula is C28H28N2O6. The van der Waals surface area contributed by atoms with E-state index in [4.69, 9.17) is 14.3 Å². The maximum absolute atomic E-state index is 13.8. The molecule has 36 heavy (non-hydrogen) atoms. The van der Waals surface area contributed by atoms with Gasteiger partial charge in [-0.3, -0.25) is 14.4 Å². The number of aromatic hydroxyl groups is 1. The third kappa shape index (κ3) is 4.13. The van der Waals surface area contributed by atoms with Gasteiger partial charge in [0, 0.05) is 0 Å². The van der Waals surface area contributed by atoms with Gasteiger partial charge in [0.15, 0.2) is 17.6 Å². The maximum atomic E-state index is 13.8. The number of phenolic OH excluding ortho intramolecular Hbond substituents is 1. The molecule has 0 aromatic heterocycles. The molecule has 2 saturated heterocycles. The first-order chi connectivity index (χ1) is 17.5. The standard InChI is InChI=1S/C28H28N2O6/c1-3-16-35-21-13-11-19(12-14-21)29-27(32)24-25(18-10-15-22(31)23(17-18)34-4-2)30(36-26(24)28(29)33)20-8-6-5-7-9-20/h5-15,17,24-26,31H,3-4,16H2,1-2H3. The van der Waals surface area contributed by atoms with Gasteiger partial charge in [-0.15, -0.1) is 0 Å². The Morgan fingerprint density at radius 3 is 2.33 bits per heavy atom. The Morgan fingerprint density at radius 1 is 0.889 bits per heavy atom. The van der Waals surface area contributed by atoms with Crippen LogP contribution in [0.1, 0.15) is 31.9 Å². The zero-order valence-electron chi connectivity index (χ0n) is 20.2. The Labute approximate surface area is 209 Å². The summed E-state index contributed by atoms with van der Waals surface area (Å²) in [7, 11) is 0. The van der Waals surface area contributed by atoms with Crippen molar-refractivity contribution < 1.29 is 29.0 Å². The van der Waals surface area contributed by atoms with Crippen LogP contribution in [0.15, 0.2) is 72.8 Å². The van der Waals surface area contributed by atoms with Crippen molar-refractivity contribution in [3.63, 3.8) is 0 Å². The lowest BCUT2D eigenvalue weighted by Gasteiger charge is -2.29. The van der Waals surface area contributed by atoms with Crippen molar-refractivity contribution in [2.75, 3.05) is 23.2 Å². The molecule has 0 spiro atoms. The molecule has 2 aliphatic rings. The van der Waals surface area contributed by atoms with E-state index >= 15 is 0 Å². The highest BCUT2D eigenvalue weighted by Crippen LogP contribution is 2.48. The number of nitrogens with zero attached hydrogens (tertiary/aromatic N) is 2. The summed E-state index contributed by atoms with van der Waals surface area (Å²) in [6, 6.07) is 20.6. The number of carbonyl (C=O) groups is 2. The predicted octanol–water partition coefficient (Wildman–Crippen LogP) is 4.63. The van der Waals surface area contributed by atoms with Crippen LogP contribution in [0.25, 0.3) is 0 Å². The molecule has 3 atom stereocenters. The number of hydrogen-bond donors (Lipinski definition) is 1. The largest absolute Gasteiger partial charge is 0.504 e. The molecular weight excluding hydrogens is 460 g/mol. The van der Waals surface area contributed by atoms with Gasteiger partial charge in [-0.25, -0.2) is 9.96 Å². The van der Waals surface area contributed by atoms with Crippen LogP contribution in [0.2, 0.25) is 0 Å². The lowest BCUT2D eigenvalue weighted by atomic mass is 9.90. The van der Waals surface area contributed by atoms with Gasteiger partial charge in [-0.05, 0) is 67.4 Å². The van der Waals surface area contributed by atoms with Gasteiger partial charge in [0.1, 0.15) is 11.7 Å². The number of phenols is 1. The summed E-state index contributed by atoms with van der Waals surface area (Å²) in [5.74, 6) is -0.559. The van der Waals surface area contributed by atoms with Gasteiger partial charge in [-0.1, -0.05) is 31.2 Å². The van der Waals surface area contributed by atoms with Crippen molar-refractivity contribution in [2.45, 2.75) is 32.4 Å². The minimum Gasteiger partial charge on any atom is -0.504 e. The summed E-state index contributed by atoms with van der Waals surface area (Å²) < 4.78 is 11.2. The van der Waals surface area contributed by atoms with Crippen molar-refractivity contribution in [3.8, 4) is 17.2 Å². The first kappa shape index (κ1) is 23.7. The van der Waals surface area contributed by atoms with Crippen molar-refractivity contribution in [1.29, 1.82) is 0 Å². The van der Waals surface area contributed by atoms with Crippen LogP contribution in [-0.2, 0) is 14.4 Å². The summed E-state index contributed by atoms with van der Waals surface area (Å²) in [6.07, 6.45) is -0.101. The zero-order valence-corrected chi connectivity index (χ0v) is 20.2. The molecule has 0 saturated carbocycles. The fraction of sp³-hybridized carbons (Fsp3) is 0.286. The molecule has 3 aromatic carbocycles. The molecule has 5 rings (SSSR count). The number of rotatable bonds is 8. The zero-order chi connectivity index (χ0) is 25.2. The van der Waals surface area contributed by atoms with Gasteiger partial charge in [0.05, 0.1) is 30.6 Å². The number of carbonyl (C=O) groups excluding carboxylic acids is 2. The number of anilines is 2. The summed E-state index contributed by atoms with van der Waals surface area (Å²) in [5, 5.41) is 11.8.